The summed E-state index contributed by atoms with van der Waals surface area (Å²) in [6.07, 6.45) is 0.403. The first-order chi connectivity index (χ1) is 8.11. The van der Waals surface area contributed by atoms with Crippen LogP contribution in [0.2, 0.25) is 0 Å². The van der Waals surface area contributed by atoms with Crippen LogP contribution in [0.5, 0.6) is 0 Å². The fraction of sp³-hybridized carbons (Fsp3) is 0.385. The van der Waals surface area contributed by atoms with E-state index in [9.17, 15) is 9.59 Å². The minimum absolute atomic E-state index is 0.00509. The van der Waals surface area contributed by atoms with Crippen molar-refractivity contribution in [3.63, 3.8) is 0 Å². The van der Waals surface area contributed by atoms with Crippen LogP contribution in [-0.4, -0.2) is 25.3 Å². The van der Waals surface area contributed by atoms with Crippen LogP contribution < -0.4 is 10.2 Å². The van der Waals surface area contributed by atoms with Crippen molar-refractivity contribution in [3.05, 3.63) is 29.3 Å². The minimum Gasteiger partial charge on any atom is -0.316 e. The molecule has 0 fully saturated rings. The van der Waals surface area contributed by atoms with Gasteiger partial charge in [-0.05, 0) is 31.2 Å². The van der Waals surface area contributed by atoms with Crippen molar-refractivity contribution in [1.82, 2.24) is 5.32 Å². The first kappa shape index (κ1) is 11.8. The number of anilines is 1. The molecule has 90 valence electrons. The van der Waals surface area contributed by atoms with Crippen LogP contribution in [0.4, 0.5) is 5.69 Å². The van der Waals surface area contributed by atoms with E-state index in [0.717, 1.165) is 23.4 Å². The summed E-state index contributed by atoms with van der Waals surface area (Å²) in [5.74, 6) is 0.0160. The van der Waals surface area contributed by atoms with Crippen LogP contribution in [0.1, 0.15) is 18.1 Å². The molecule has 1 amide bonds. The molecule has 1 heterocycles. The number of amides is 1. The number of hydrogen-bond donors (Lipinski definition) is 1. The van der Waals surface area contributed by atoms with Crippen LogP contribution in [0.15, 0.2) is 18.2 Å². The van der Waals surface area contributed by atoms with Crippen molar-refractivity contribution in [2.45, 2.75) is 19.9 Å². The Bertz CT molecular complexity index is 468. The number of Topliss-reactive ketones (excluding diaryl/α,β-unsaturated/α-hetero) is 1. The predicted molar refractivity (Wildman–Crippen MR) is 65.9 cm³/mol. The molecule has 1 aliphatic rings. The molecule has 4 heteroatoms. The number of rotatable bonds is 4. The Hall–Kier alpha value is -1.68. The predicted octanol–water partition coefficient (Wildman–Crippen LogP) is 0.884. The van der Waals surface area contributed by atoms with Gasteiger partial charge in [-0.25, -0.2) is 0 Å². The number of nitrogens with one attached hydrogen (secondary N) is 1. The molecule has 1 aliphatic heterocycles. The summed E-state index contributed by atoms with van der Waals surface area (Å²) in [5.41, 5.74) is 3.05. The summed E-state index contributed by atoms with van der Waals surface area (Å²) in [5, 5.41) is 3.08. The zero-order valence-electron chi connectivity index (χ0n) is 10.1. The summed E-state index contributed by atoms with van der Waals surface area (Å²) in [7, 11) is 1.89. The zero-order chi connectivity index (χ0) is 12.4. The maximum atomic E-state index is 11.8. The fourth-order valence-corrected chi connectivity index (χ4v) is 2.15. The molecule has 1 aromatic carbocycles. The zero-order valence-corrected chi connectivity index (χ0v) is 10.1. The third-order valence-electron chi connectivity index (χ3n) is 2.84. The van der Waals surface area contributed by atoms with Crippen LogP contribution >= 0.6 is 0 Å². The van der Waals surface area contributed by atoms with Crippen molar-refractivity contribution in [3.8, 4) is 0 Å². The first-order valence-electron chi connectivity index (χ1n) is 5.68. The summed E-state index contributed by atoms with van der Waals surface area (Å²) < 4.78 is 0. The summed E-state index contributed by atoms with van der Waals surface area (Å²) >= 11 is 0. The molecule has 0 radical (unpaired) electrons. The third-order valence-corrected chi connectivity index (χ3v) is 2.84. The highest BCUT2D eigenvalue weighted by Gasteiger charge is 2.27. The monoisotopic (exact) mass is 232 g/mol. The van der Waals surface area contributed by atoms with Crippen LogP contribution in [-0.2, 0) is 22.6 Å². The highest BCUT2D eigenvalue weighted by Crippen LogP contribution is 2.29. The first-order valence-corrected chi connectivity index (χ1v) is 5.68. The number of carbonyl (C=O) groups excluding carboxylic acids is 2. The number of ketones is 1. The number of hydrogen-bond acceptors (Lipinski definition) is 3. The molecule has 0 bridgehead atoms. The van der Waals surface area contributed by atoms with Gasteiger partial charge in [0.05, 0.1) is 13.0 Å². The van der Waals surface area contributed by atoms with E-state index in [0.29, 0.717) is 6.42 Å². The molecule has 0 aromatic heterocycles. The van der Waals surface area contributed by atoms with E-state index in [-0.39, 0.29) is 18.2 Å². The second kappa shape index (κ2) is 4.67. The second-order valence-electron chi connectivity index (χ2n) is 4.35. The van der Waals surface area contributed by atoms with Gasteiger partial charge in [-0.2, -0.15) is 0 Å². The van der Waals surface area contributed by atoms with Gasteiger partial charge in [0.25, 0.3) is 0 Å². The topological polar surface area (TPSA) is 49.4 Å². The lowest BCUT2D eigenvalue weighted by molar-refractivity contribution is -0.121. The maximum Gasteiger partial charge on any atom is 0.231 e. The molecule has 4 nitrogen and oxygen atoms in total. The van der Waals surface area contributed by atoms with E-state index in [2.05, 4.69) is 5.32 Å². The molecule has 0 saturated carbocycles. The van der Waals surface area contributed by atoms with Crippen molar-refractivity contribution < 1.29 is 9.59 Å². The Labute approximate surface area is 101 Å². The highest BCUT2D eigenvalue weighted by molar-refractivity contribution is 6.05. The van der Waals surface area contributed by atoms with Gasteiger partial charge >= 0.3 is 0 Å². The molecular formula is C13H16N2O2. The molecule has 0 aliphatic carbocycles. The normalized spacial score (nSPS) is 14.0. The van der Waals surface area contributed by atoms with Gasteiger partial charge in [0.15, 0.2) is 0 Å². The minimum atomic E-state index is 0.00509. The van der Waals surface area contributed by atoms with Crippen LogP contribution in [0, 0.1) is 0 Å². The molecule has 2 rings (SSSR count). The van der Waals surface area contributed by atoms with Crippen LogP contribution in [0.25, 0.3) is 0 Å². The van der Waals surface area contributed by atoms with E-state index in [1.807, 2.05) is 25.2 Å². The molecule has 1 aromatic rings. The van der Waals surface area contributed by atoms with Gasteiger partial charge in [0.2, 0.25) is 5.91 Å². The van der Waals surface area contributed by atoms with Gasteiger partial charge in [0, 0.05) is 12.2 Å². The number of nitrogens with zero attached hydrogens (tertiary/aromatic N) is 1. The SMILES string of the molecule is CNCc1ccc2c(c1)CC(=O)N2CC(C)=O. The quantitative estimate of drug-likeness (QED) is 0.838. The number of benzene rings is 1. The van der Waals surface area contributed by atoms with Crippen molar-refractivity contribution >= 4 is 17.4 Å². The summed E-state index contributed by atoms with van der Waals surface area (Å²) in [6.45, 7) is 2.46. The molecule has 0 saturated heterocycles. The molecule has 0 atom stereocenters. The summed E-state index contributed by atoms with van der Waals surface area (Å²) in [4.78, 5) is 24.5. The summed E-state index contributed by atoms with van der Waals surface area (Å²) in [6, 6.07) is 5.95. The van der Waals surface area contributed by atoms with E-state index < -0.39 is 0 Å². The average molecular weight is 232 g/mol. The average Bonchev–Trinajstić information content (AvgIpc) is 2.55. The van der Waals surface area contributed by atoms with Crippen molar-refractivity contribution in [2.75, 3.05) is 18.5 Å². The Morgan fingerprint density at radius 3 is 2.88 bits per heavy atom. The van der Waals surface area contributed by atoms with Gasteiger partial charge in [-0.3, -0.25) is 9.59 Å². The smallest absolute Gasteiger partial charge is 0.231 e. The van der Waals surface area contributed by atoms with E-state index >= 15 is 0 Å². The lowest BCUT2D eigenvalue weighted by Crippen LogP contribution is -2.31. The third kappa shape index (κ3) is 2.36. The molecule has 0 unspecified atom stereocenters. The second-order valence-corrected chi connectivity index (χ2v) is 4.35. The van der Waals surface area contributed by atoms with E-state index in [4.69, 9.17) is 0 Å². The maximum absolute atomic E-state index is 11.8. The number of fused-ring (bicyclic) bond motifs is 1. The van der Waals surface area contributed by atoms with Crippen LogP contribution in [0.3, 0.4) is 0 Å². The Kier molecular flexibility index (Phi) is 3.24. The Morgan fingerprint density at radius 2 is 2.24 bits per heavy atom. The Balaban J connectivity index is 2.28. The Morgan fingerprint density at radius 1 is 1.47 bits per heavy atom. The van der Waals surface area contributed by atoms with Crippen molar-refractivity contribution in [1.29, 1.82) is 0 Å². The largest absolute Gasteiger partial charge is 0.316 e. The molecular weight excluding hydrogens is 216 g/mol. The van der Waals surface area contributed by atoms with Gasteiger partial charge in [-0.1, -0.05) is 12.1 Å². The number of carbonyl (C=O) groups is 2. The van der Waals surface area contributed by atoms with Gasteiger partial charge < -0.3 is 10.2 Å². The van der Waals surface area contributed by atoms with E-state index in [1.165, 1.54) is 6.92 Å². The van der Waals surface area contributed by atoms with E-state index in [1.54, 1.807) is 4.90 Å². The fourth-order valence-electron chi connectivity index (χ4n) is 2.15. The molecule has 17 heavy (non-hydrogen) atoms. The lowest BCUT2D eigenvalue weighted by atomic mass is 10.1. The lowest BCUT2D eigenvalue weighted by Gasteiger charge is -2.15. The van der Waals surface area contributed by atoms with Gasteiger partial charge in [-0.15, -0.1) is 0 Å². The highest BCUT2D eigenvalue weighted by atomic mass is 16.2. The standard InChI is InChI=1S/C13H16N2O2/c1-9(16)8-15-12-4-3-10(7-14-2)5-11(12)6-13(15)17/h3-5,14H,6-8H2,1-2H3. The van der Waals surface area contributed by atoms with Gasteiger partial charge in [0.1, 0.15) is 5.78 Å². The molecule has 0 spiro atoms. The molecule has 1 N–H and O–H groups in total. The van der Waals surface area contributed by atoms with Crippen molar-refractivity contribution in [2.24, 2.45) is 0 Å².